The van der Waals surface area contributed by atoms with Crippen molar-refractivity contribution in [3.63, 3.8) is 0 Å². The third-order valence-corrected chi connectivity index (χ3v) is 2.25. The van der Waals surface area contributed by atoms with Crippen LogP contribution in [0.3, 0.4) is 0 Å². The zero-order valence-electron chi connectivity index (χ0n) is 5.15. The van der Waals surface area contributed by atoms with Crippen LogP contribution in [0.2, 0.25) is 0 Å². The summed E-state index contributed by atoms with van der Waals surface area (Å²) in [5.74, 6) is 0. The third-order valence-electron chi connectivity index (χ3n) is 1.11. The molecule has 0 bridgehead atoms. The van der Waals surface area contributed by atoms with Crippen molar-refractivity contribution in [2.45, 2.75) is 6.42 Å². The van der Waals surface area contributed by atoms with Crippen molar-refractivity contribution in [1.29, 1.82) is 0 Å². The molecular formula is C6H6O3S. The summed E-state index contributed by atoms with van der Waals surface area (Å²) in [6.07, 6.45) is 2.29. The number of aldehydes is 1. The van der Waals surface area contributed by atoms with E-state index in [4.69, 9.17) is 0 Å². The Hall–Kier alpha value is -0.900. The second-order valence-electron chi connectivity index (χ2n) is 1.96. The minimum atomic E-state index is -3.12. The summed E-state index contributed by atoms with van der Waals surface area (Å²) in [5, 5.41) is 2.19. The van der Waals surface area contributed by atoms with Crippen molar-refractivity contribution in [1.82, 2.24) is 0 Å². The molecule has 0 unspecified atom stereocenters. The van der Waals surface area contributed by atoms with Gasteiger partial charge in [-0.15, -0.1) is 0 Å². The fraction of sp³-hybridized carbons (Fsp3) is 0.167. The average Bonchev–Trinajstić information content (AvgIpc) is 2.12. The van der Waals surface area contributed by atoms with E-state index >= 15 is 0 Å². The number of rotatable bonds is 2. The van der Waals surface area contributed by atoms with Gasteiger partial charge in [-0.05, 0) is 11.6 Å². The maximum absolute atomic E-state index is 10.6. The molecule has 1 aliphatic heterocycles. The fourth-order valence-corrected chi connectivity index (χ4v) is 1.72. The minimum Gasteiger partial charge on any atom is -0.303 e. The number of hydrogen-bond donors (Lipinski definition) is 0. The summed E-state index contributed by atoms with van der Waals surface area (Å²) >= 11 is 0. The van der Waals surface area contributed by atoms with Crippen LogP contribution in [0.15, 0.2) is 22.5 Å². The van der Waals surface area contributed by atoms with Gasteiger partial charge in [0.15, 0.2) is 9.84 Å². The quantitative estimate of drug-likeness (QED) is 0.546. The van der Waals surface area contributed by atoms with Crippen LogP contribution in [0, 0.1) is 0 Å². The van der Waals surface area contributed by atoms with Gasteiger partial charge >= 0.3 is 0 Å². The number of carbonyl (C=O) groups is 1. The topological polar surface area (TPSA) is 51.2 Å². The lowest BCUT2D eigenvalue weighted by Crippen LogP contribution is -1.83. The largest absolute Gasteiger partial charge is 0.303 e. The van der Waals surface area contributed by atoms with Crippen molar-refractivity contribution >= 4 is 16.1 Å². The lowest BCUT2D eigenvalue weighted by Gasteiger charge is -1.83. The van der Waals surface area contributed by atoms with E-state index in [0.717, 1.165) is 10.8 Å². The van der Waals surface area contributed by atoms with E-state index in [2.05, 4.69) is 0 Å². The van der Waals surface area contributed by atoms with E-state index in [-0.39, 0.29) is 6.42 Å². The van der Waals surface area contributed by atoms with E-state index in [1.807, 2.05) is 0 Å². The van der Waals surface area contributed by atoms with Crippen LogP contribution >= 0.6 is 0 Å². The molecule has 0 spiro atoms. The monoisotopic (exact) mass is 158 g/mol. The Morgan fingerprint density at radius 3 is 2.60 bits per heavy atom. The zero-order chi connectivity index (χ0) is 7.61. The van der Waals surface area contributed by atoms with Gasteiger partial charge in [0, 0.05) is 17.2 Å². The Labute approximate surface area is 59.0 Å². The van der Waals surface area contributed by atoms with Crippen molar-refractivity contribution in [2.75, 3.05) is 0 Å². The number of allylic oxidation sites excluding steroid dienone is 2. The SMILES string of the molecule is O=CCC1=CS(=O)(=O)C=C1. The van der Waals surface area contributed by atoms with Crippen molar-refractivity contribution in [3.8, 4) is 0 Å². The second-order valence-corrected chi connectivity index (χ2v) is 3.64. The predicted octanol–water partition coefficient (Wildman–Crippen LogP) is 0.401. The van der Waals surface area contributed by atoms with E-state index in [9.17, 15) is 13.2 Å². The first-order chi connectivity index (χ1) is 4.64. The first-order valence-corrected chi connectivity index (χ1v) is 4.32. The molecule has 0 atom stereocenters. The van der Waals surface area contributed by atoms with Gasteiger partial charge in [-0.1, -0.05) is 0 Å². The van der Waals surface area contributed by atoms with E-state index in [1.54, 1.807) is 0 Å². The highest BCUT2D eigenvalue weighted by Gasteiger charge is 2.09. The maximum Gasteiger partial charge on any atom is 0.193 e. The van der Waals surface area contributed by atoms with Gasteiger partial charge in [-0.25, -0.2) is 8.42 Å². The van der Waals surface area contributed by atoms with Gasteiger partial charge < -0.3 is 4.79 Å². The first kappa shape index (κ1) is 7.21. The zero-order valence-corrected chi connectivity index (χ0v) is 5.97. The van der Waals surface area contributed by atoms with Gasteiger partial charge in [-0.2, -0.15) is 0 Å². The van der Waals surface area contributed by atoms with Crippen LogP contribution in [0.5, 0.6) is 0 Å². The lowest BCUT2D eigenvalue weighted by molar-refractivity contribution is -0.107. The lowest BCUT2D eigenvalue weighted by atomic mass is 10.2. The van der Waals surface area contributed by atoms with Crippen LogP contribution in [0.1, 0.15) is 6.42 Å². The molecule has 0 saturated heterocycles. The third kappa shape index (κ3) is 1.54. The van der Waals surface area contributed by atoms with Gasteiger partial charge in [0.1, 0.15) is 6.29 Å². The number of hydrogen-bond acceptors (Lipinski definition) is 3. The van der Waals surface area contributed by atoms with E-state index < -0.39 is 9.84 Å². The Balaban J connectivity index is 2.88. The van der Waals surface area contributed by atoms with Crippen LogP contribution < -0.4 is 0 Å². The molecule has 0 radical (unpaired) electrons. The van der Waals surface area contributed by atoms with Crippen molar-refractivity contribution in [2.24, 2.45) is 0 Å². The fourth-order valence-electron chi connectivity index (χ4n) is 0.684. The molecule has 0 aliphatic carbocycles. The molecule has 0 aromatic carbocycles. The Morgan fingerprint density at radius 2 is 2.20 bits per heavy atom. The molecule has 0 saturated carbocycles. The Morgan fingerprint density at radius 1 is 1.50 bits per heavy atom. The highest BCUT2D eigenvalue weighted by Crippen LogP contribution is 2.14. The number of sulfone groups is 1. The molecule has 0 fully saturated rings. The maximum atomic E-state index is 10.6. The summed E-state index contributed by atoms with van der Waals surface area (Å²) in [4.78, 5) is 9.90. The second kappa shape index (κ2) is 2.38. The van der Waals surface area contributed by atoms with Crippen LogP contribution in [0.4, 0.5) is 0 Å². The summed E-state index contributed by atoms with van der Waals surface area (Å²) in [6.45, 7) is 0. The van der Waals surface area contributed by atoms with Crippen LogP contribution in [-0.4, -0.2) is 14.7 Å². The van der Waals surface area contributed by atoms with Crippen molar-refractivity contribution < 1.29 is 13.2 Å². The summed E-state index contributed by atoms with van der Waals surface area (Å²) in [7, 11) is -3.12. The Kier molecular flexibility index (Phi) is 1.72. The minimum absolute atomic E-state index is 0.176. The Bertz CT molecular complexity index is 295. The smallest absolute Gasteiger partial charge is 0.193 e. The highest BCUT2D eigenvalue weighted by molar-refractivity contribution is 7.97. The molecule has 54 valence electrons. The predicted molar refractivity (Wildman–Crippen MR) is 36.8 cm³/mol. The molecule has 0 amide bonds. The van der Waals surface area contributed by atoms with Gasteiger partial charge in [0.2, 0.25) is 0 Å². The standard InChI is InChI=1S/C6H6O3S/c7-3-1-6-2-4-10(8,9)5-6/h2-5H,1H2. The molecule has 4 heteroatoms. The summed E-state index contributed by atoms with van der Waals surface area (Å²) in [5.41, 5.74) is 0.551. The van der Waals surface area contributed by atoms with Crippen LogP contribution in [0.25, 0.3) is 0 Å². The first-order valence-electron chi connectivity index (χ1n) is 2.71. The van der Waals surface area contributed by atoms with E-state index in [0.29, 0.717) is 11.9 Å². The van der Waals surface area contributed by atoms with Crippen molar-refractivity contribution in [3.05, 3.63) is 22.5 Å². The molecule has 1 heterocycles. The normalized spacial score (nSPS) is 20.6. The molecule has 0 aromatic heterocycles. The molecule has 0 N–H and O–H groups in total. The van der Waals surface area contributed by atoms with Gasteiger partial charge in [0.05, 0.1) is 0 Å². The molecular weight excluding hydrogens is 152 g/mol. The van der Waals surface area contributed by atoms with E-state index in [1.165, 1.54) is 6.08 Å². The average molecular weight is 158 g/mol. The molecule has 1 aliphatic rings. The highest BCUT2D eigenvalue weighted by atomic mass is 32.2. The van der Waals surface area contributed by atoms with Crippen LogP contribution in [-0.2, 0) is 14.6 Å². The van der Waals surface area contributed by atoms with Gasteiger partial charge in [-0.3, -0.25) is 0 Å². The molecule has 1 rings (SSSR count). The number of carbonyl (C=O) groups excluding carboxylic acids is 1. The summed E-state index contributed by atoms with van der Waals surface area (Å²) < 4.78 is 21.3. The molecule has 0 aromatic rings. The molecule has 3 nitrogen and oxygen atoms in total. The molecule has 10 heavy (non-hydrogen) atoms. The van der Waals surface area contributed by atoms with Gasteiger partial charge in [0.25, 0.3) is 0 Å². The summed E-state index contributed by atoms with van der Waals surface area (Å²) in [6, 6.07) is 0.